The number of halogens is 1. The van der Waals surface area contributed by atoms with Crippen LogP contribution in [-0.4, -0.2) is 50.0 Å². The molecule has 8 heteroatoms. The Labute approximate surface area is 169 Å². The highest BCUT2D eigenvalue weighted by Gasteiger charge is 2.21. The molecule has 1 amide bonds. The van der Waals surface area contributed by atoms with Crippen LogP contribution in [0, 0.1) is 11.7 Å². The zero-order valence-corrected chi connectivity index (χ0v) is 16.5. The van der Waals surface area contributed by atoms with Gasteiger partial charge in [0.1, 0.15) is 11.5 Å². The van der Waals surface area contributed by atoms with Crippen molar-refractivity contribution in [2.75, 3.05) is 19.6 Å². The highest BCUT2D eigenvalue weighted by Crippen LogP contribution is 2.19. The number of hydrogen-bond donors (Lipinski definition) is 1. The van der Waals surface area contributed by atoms with Gasteiger partial charge in [0.05, 0.1) is 11.9 Å². The number of benzene rings is 1. The normalized spacial score (nSPS) is 17.4. The van der Waals surface area contributed by atoms with Crippen LogP contribution in [0.25, 0.3) is 5.69 Å². The van der Waals surface area contributed by atoms with Crippen LogP contribution in [0.4, 0.5) is 4.39 Å². The van der Waals surface area contributed by atoms with Gasteiger partial charge in [0.15, 0.2) is 0 Å². The summed E-state index contributed by atoms with van der Waals surface area (Å²) in [5.74, 6) is 0.0595. The quantitative estimate of drug-likeness (QED) is 0.695. The van der Waals surface area contributed by atoms with Crippen molar-refractivity contribution >= 4 is 5.91 Å². The van der Waals surface area contributed by atoms with Gasteiger partial charge in [-0.3, -0.25) is 14.4 Å². The van der Waals surface area contributed by atoms with Crippen LogP contribution >= 0.6 is 0 Å². The second-order valence-electron chi connectivity index (χ2n) is 7.57. The largest absolute Gasteiger partial charge is 0.350 e. The molecule has 4 rings (SSSR count). The maximum Gasteiger partial charge on any atom is 0.269 e. The molecule has 3 aromatic rings. The maximum absolute atomic E-state index is 13.4. The van der Waals surface area contributed by atoms with Crippen LogP contribution in [-0.2, 0) is 13.6 Å². The summed E-state index contributed by atoms with van der Waals surface area (Å²) in [4.78, 5) is 14.7. The van der Waals surface area contributed by atoms with Crippen molar-refractivity contribution in [1.82, 2.24) is 29.8 Å². The van der Waals surface area contributed by atoms with Gasteiger partial charge in [-0.1, -0.05) is 6.07 Å². The Morgan fingerprint density at radius 2 is 2.21 bits per heavy atom. The molecule has 1 unspecified atom stereocenters. The lowest BCUT2D eigenvalue weighted by Gasteiger charge is -2.32. The molecular formula is C21H25FN6O. The lowest BCUT2D eigenvalue weighted by atomic mass is 9.97. The molecule has 1 atom stereocenters. The molecule has 0 aliphatic carbocycles. The van der Waals surface area contributed by atoms with Gasteiger partial charge in [-0.15, -0.1) is 0 Å². The number of likely N-dealkylation sites (tertiary alicyclic amines) is 1. The van der Waals surface area contributed by atoms with E-state index in [9.17, 15) is 9.18 Å². The van der Waals surface area contributed by atoms with E-state index in [4.69, 9.17) is 0 Å². The van der Waals surface area contributed by atoms with E-state index in [-0.39, 0.29) is 11.7 Å². The number of amides is 1. The van der Waals surface area contributed by atoms with Crippen LogP contribution < -0.4 is 5.32 Å². The van der Waals surface area contributed by atoms with E-state index >= 15 is 0 Å². The van der Waals surface area contributed by atoms with Gasteiger partial charge in [0.25, 0.3) is 5.91 Å². The summed E-state index contributed by atoms with van der Waals surface area (Å²) in [7, 11) is 1.77. The molecule has 1 saturated heterocycles. The van der Waals surface area contributed by atoms with Crippen molar-refractivity contribution < 1.29 is 9.18 Å². The lowest BCUT2D eigenvalue weighted by Crippen LogP contribution is -2.40. The molecule has 0 radical (unpaired) electrons. The Hall–Kier alpha value is -3.00. The van der Waals surface area contributed by atoms with Crippen LogP contribution in [0.1, 0.15) is 28.9 Å². The lowest BCUT2D eigenvalue weighted by molar-refractivity contribution is 0.0921. The molecule has 1 aromatic carbocycles. The molecule has 152 valence electrons. The number of nitrogens with zero attached hydrogens (tertiary/aromatic N) is 5. The zero-order valence-electron chi connectivity index (χ0n) is 16.5. The fourth-order valence-corrected chi connectivity index (χ4v) is 3.85. The zero-order chi connectivity index (χ0) is 20.2. The highest BCUT2D eigenvalue weighted by atomic mass is 19.1. The van der Waals surface area contributed by atoms with Gasteiger partial charge >= 0.3 is 0 Å². The van der Waals surface area contributed by atoms with Crippen molar-refractivity contribution in [3.8, 4) is 5.69 Å². The minimum absolute atomic E-state index is 0.0847. The minimum atomic E-state index is -0.272. The number of carbonyl (C=O) groups is 1. The summed E-state index contributed by atoms with van der Waals surface area (Å²) in [5, 5.41) is 11.4. The van der Waals surface area contributed by atoms with E-state index in [1.54, 1.807) is 34.7 Å². The van der Waals surface area contributed by atoms with Crippen LogP contribution in [0.3, 0.4) is 0 Å². The topological polar surface area (TPSA) is 68.0 Å². The summed E-state index contributed by atoms with van der Waals surface area (Å²) >= 11 is 0. The first-order chi connectivity index (χ1) is 14.1. The van der Waals surface area contributed by atoms with E-state index in [2.05, 4.69) is 20.4 Å². The van der Waals surface area contributed by atoms with Crippen molar-refractivity contribution in [1.29, 1.82) is 0 Å². The predicted octanol–water partition coefficient (Wildman–Crippen LogP) is 2.39. The summed E-state index contributed by atoms with van der Waals surface area (Å²) < 4.78 is 16.7. The number of carbonyl (C=O) groups excluding carboxylic acids is 1. The average Bonchev–Trinajstić information content (AvgIpc) is 3.35. The molecular weight excluding hydrogens is 371 g/mol. The van der Waals surface area contributed by atoms with E-state index in [1.807, 2.05) is 18.5 Å². The molecule has 0 bridgehead atoms. The van der Waals surface area contributed by atoms with Gasteiger partial charge < -0.3 is 5.32 Å². The van der Waals surface area contributed by atoms with Gasteiger partial charge in [0.2, 0.25) is 0 Å². The monoisotopic (exact) mass is 396 g/mol. The molecule has 0 saturated carbocycles. The fraction of sp³-hybridized carbons (Fsp3) is 0.381. The minimum Gasteiger partial charge on any atom is -0.350 e. The fourth-order valence-electron chi connectivity index (χ4n) is 3.85. The van der Waals surface area contributed by atoms with Crippen LogP contribution in [0.5, 0.6) is 0 Å². The standard InChI is InChI=1S/C21H25FN6O/c1-26-20(7-8-24-26)21(29)23-11-16-4-3-9-27(13-16)14-17-12-25-28(15-17)19-6-2-5-18(22)10-19/h2,5-8,10,12,15-16H,3-4,9,11,13-14H2,1H3,(H,23,29). The van der Waals surface area contributed by atoms with E-state index in [0.717, 1.165) is 38.0 Å². The molecule has 0 spiro atoms. The van der Waals surface area contributed by atoms with Gasteiger partial charge in [0, 0.05) is 44.6 Å². The maximum atomic E-state index is 13.4. The number of rotatable bonds is 6. The first kappa shape index (κ1) is 19.3. The molecule has 7 nitrogen and oxygen atoms in total. The molecule has 1 aliphatic rings. The molecule has 1 N–H and O–H groups in total. The smallest absolute Gasteiger partial charge is 0.269 e. The van der Waals surface area contributed by atoms with E-state index < -0.39 is 0 Å². The summed E-state index contributed by atoms with van der Waals surface area (Å²) in [6.07, 6.45) is 7.61. The van der Waals surface area contributed by atoms with Crippen molar-refractivity contribution in [2.24, 2.45) is 13.0 Å². The third-order valence-corrected chi connectivity index (χ3v) is 5.32. The highest BCUT2D eigenvalue weighted by molar-refractivity contribution is 5.92. The first-order valence-corrected chi connectivity index (χ1v) is 9.86. The summed E-state index contributed by atoms with van der Waals surface area (Å²) in [6.45, 7) is 3.40. The Bertz CT molecular complexity index is 981. The van der Waals surface area contributed by atoms with Gasteiger partial charge in [-0.2, -0.15) is 10.2 Å². The number of piperidine rings is 1. The second kappa shape index (κ2) is 8.57. The second-order valence-corrected chi connectivity index (χ2v) is 7.57. The van der Waals surface area contributed by atoms with E-state index in [1.165, 1.54) is 12.1 Å². The molecule has 3 heterocycles. The Kier molecular flexibility index (Phi) is 5.71. The predicted molar refractivity (Wildman–Crippen MR) is 107 cm³/mol. The number of nitrogens with one attached hydrogen (secondary N) is 1. The van der Waals surface area contributed by atoms with E-state index in [0.29, 0.717) is 23.8 Å². The van der Waals surface area contributed by atoms with Crippen LogP contribution in [0.2, 0.25) is 0 Å². The molecule has 2 aromatic heterocycles. The van der Waals surface area contributed by atoms with Crippen molar-refractivity contribution in [2.45, 2.75) is 19.4 Å². The first-order valence-electron chi connectivity index (χ1n) is 9.86. The van der Waals surface area contributed by atoms with Crippen molar-refractivity contribution in [3.05, 3.63) is 66.0 Å². The number of hydrogen-bond acceptors (Lipinski definition) is 4. The average molecular weight is 396 g/mol. The molecule has 1 fully saturated rings. The number of aromatic nitrogens is 4. The third kappa shape index (κ3) is 4.71. The molecule has 1 aliphatic heterocycles. The van der Waals surface area contributed by atoms with Crippen molar-refractivity contribution in [3.63, 3.8) is 0 Å². The Morgan fingerprint density at radius 1 is 1.31 bits per heavy atom. The molecule has 29 heavy (non-hydrogen) atoms. The summed E-state index contributed by atoms with van der Waals surface area (Å²) in [6, 6.07) is 8.13. The van der Waals surface area contributed by atoms with Gasteiger partial charge in [-0.05, 0) is 49.6 Å². The summed E-state index contributed by atoms with van der Waals surface area (Å²) in [5.41, 5.74) is 2.38. The third-order valence-electron chi connectivity index (χ3n) is 5.32. The van der Waals surface area contributed by atoms with Crippen LogP contribution in [0.15, 0.2) is 48.9 Å². The van der Waals surface area contributed by atoms with Gasteiger partial charge in [-0.25, -0.2) is 9.07 Å². The Morgan fingerprint density at radius 3 is 3.00 bits per heavy atom. The SMILES string of the molecule is Cn1nccc1C(=O)NCC1CCCN(Cc2cnn(-c3cccc(F)c3)c2)C1. The number of aryl methyl sites for hydroxylation is 1. The Balaban J connectivity index is 1.31.